The number of halogens is 3. The number of alkyl halides is 2. The fraction of sp³-hybridized carbons (Fsp3) is 0.200. The van der Waals surface area contributed by atoms with E-state index in [9.17, 15) is 8.78 Å². The van der Waals surface area contributed by atoms with Gasteiger partial charge in [-0.2, -0.15) is 5.10 Å². The number of hydrogen-bond acceptors (Lipinski definition) is 4. The molecule has 102 valence electrons. The van der Waals surface area contributed by atoms with Crippen LogP contribution in [0.25, 0.3) is 11.3 Å². The quantitative estimate of drug-likeness (QED) is 0.659. The van der Waals surface area contributed by atoms with Crippen LogP contribution in [0.1, 0.15) is 12.1 Å². The van der Waals surface area contributed by atoms with Crippen LogP contribution in [0.2, 0.25) is 0 Å². The molecule has 2 aromatic rings. The van der Waals surface area contributed by atoms with E-state index >= 15 is 0 Å². The van der Waals surface area contributed by atoms with Gasteiger partial charge in [-0.3, -0.25) is 0 Å². The fourth-order valence-electron chi connectivity index (χ4n) is 1.67. The van der Waals surface area contributed by atoms with E-state index in [-0.39, 0.29) is 14.4 Å². The van der Waals surface area contributed by atoms with Crippen molar-refractivity contribution in [1.29, 1.82) is 0 Å². The van der Waals surface area contributed by atoms with Gasteiger partial charge in [0.2, 0.25) is 0 Å². The van der Waals surface area contributed by atoms with Gasteiger partial charge >= 0.3 is 0 Å². The molecule has 0 aliphatic carbocycles. The van der Waals surface area contributed by atoms with Gasteiger partial charge in [0.15, 0.2) is 5.69 Å². The molecule has 5 nitrogen and oxygen atoms in total. The first-order valence-corrected chi connectivity index (χ1v) is 7.45. The summed E-state index contributed by atoms with van der Waals surface area (Å²) in [4.78, 5) is 3.97. The largest absolute Gasteiger partial charge is 0.397 e. The molecule has 0 aliphatic rings. The van der Waals surface area contributed by atoms with E-state index in [1.807, 2.05) is 6.66 Å². The van der Waals surface area contributed by atoms with Gasteiger partial charge in [0.1, 0.15) is 4.60 Å². The lowest BCUT2D eigenvalue weighted by atomic mass is 10.1. The Kier molecular flexibility index (Phi) is 4.01. The van der Waals surface area contributed by atoms with Crippen molar-refractivity contribution in [3.8, 4) is 11.3 Å². The number of anilines is 2. The number of hydrogen-bond donors (Lipinski definition) is 2. The number of nitrogen functional groups attached to an aromatic ring is 2. The Morgan fingerprint density at radius 3 is 2.68 bits per heavy atom. The van der Waals surface area contributed by atoms with Crippen molar-refractivity contribution in [1.82, 2.24) is 14.5 Å². The first kappa shape index (κ1) is 14.1. The predicted octanol–water partition coefficient (Wildman–Crippen LogP) is 2.88. The third-order valence-electron chi connectivity index (χ3n) is 2.53. The van der Waals surface area contributed by atoms with E-state index in [4.69, 9.17) is 11.5 Å². The van der Waals surface area contributed by atoms with Crippen LogP contribution in [0.3, 0.4) is 0 Å². The van der Waals surface area contributed by atoms with Crippen LogP contribution >= 0.6 is 24.7 Å². The Hall–Kier alpha value is -1.27. The fourth-order valence-corrected chi connectivity index (χ4v) is 2.68. The van der Waals surface area contributed by atoms with E-state index in [0.717, 1.165) is 0 Å². The SMILES string of the molecule is CPn1nc(C(F)F)c(N)c1-c1cc(Br)ncc1N. The molecule has 19 heavy (non-hydrogen) atoms. The number of aromatic nitrogens is 3. The zero-order valence-corrected chi connectivity index (χ0v) is 12.4. The summed E-state index contributed by atoms with van der Waals surface area (Å²) in [5, 5.41) is 3.84. The van der Waals surface area contributed by atoms with E-state index in [1.165, 1.54) is 10.6 Å². The number of nitrogens with zero attached hydrogens (tertiary/aromatic N) is 3. The third kappa shape index (κ3) is 2.55. The molecule has 0 spiro atoms. The highest BCUT2D eigenvalue weighted by molar-refractivity contribution is 9.10. The Labute approximate surface area is 118 Å². The minimum absolute atomic E-state index is 0.0471. The van der Waals surface area contributed by atoms with Crippen LogP contribution in [-0.2, 0) is 0 Å². The normalized spacial score (nSPS) is 11.8. The molecule has 4 N–H and O–H groups in total. The zero-order chi connectivity index (χ0) is 14.2. The summed E-state index contributed by atoms with van der Waals surface area (Å²) in [5.74, 6) is 0. The molecule has 0 amide bonds. The van der Waals surface area contributed by atoms with Crippen LogP contribution < -0.4 is 11.5 Å². The summed E-state index contributed by atoms with van der Waals surface area (Å²) < 4.78 is 27.7. The number of nitrogens with two attached hydrogens (primary N) is 2. The van der Waals surface area contributed by atoms with Crippen LogP contribution in [0, 0.1) is 0 Å². The summed E-state index contributed by atoms with van der Waals surface area (Å²) in [5.41, 5.74) is 12.4. The molecular formula is C10H11BrF2N5P. The van der Waals surface area contributed by atoms with E-state index in [0.29, 0.717) is 21.5 Å². The van der Waals surface area contributed by atoms with Crippen molar-refractivity contribution in [3.05, 3.63) is 22.6 Å². The average molecular weight is 350 g/mol. The lowest BCUT2D eigenvalue weighted by Crippen LogP contribution is -1.98. The van der Waals surface area contributed by atoms with Crippen molar-refractivity contribution in [2.45, 2.75) is 6.43 Å². The number of rotatable bonds is 3. The summed E-state index contributed by atoms with van der Waals surface area (Å²) >= 11 is 3.22. The standard InChI is InChI=1S/C10H11BrF2N5P/c1-19-18-9(7(15)8(17-18)10(12)13)4-2-6(11)16-3-5(4)14/h2-3,10,19H,14-15H2,1H3. The topological polar surface area (TPSA) is 82.8 Å². The average Bonchev–Trinajstić information content (AvgIpc) is 2.69. The molecule has 2 rings (SSSR count). The molecule has 0 radical (unpaired) electrons. The summed E-state index contributed by atoms with van der Waals surface area (Å²) in [7, 11) is 0.158. The summed E-state index contributed by atoms with van der Waals surface area (Å²) in [6.45, 7) is 1.82. The van der Waals surface area contributed by atoms with Crippen molar-refractivity contribution in [2.75, 3.05) is 18.1 Å². The molecule has 1 atom stereocenters. The van der Waals surface area contributed by atoms with Gasteiger partial charge in [-0.25, -0.2) is 18.2 Å². The molecule has 0 saturated heterocycles. The van der Waals surface area contributed by atoms with Crippen molar-refractivity contribution in [2.24, 2.45) is 0 Å². The van der Waals surface area contributed by atoms with Gasteiger partial charge in [0.25, 0.3) is 6.43 Å². The van der Waals surface area contributed by atoms with Crippen LogP contribution in [0.4, 0.5) is 20.2 Å². The molecule has 0 saturated carbocycles. The molecule has 0 aromatic carbocycles. The Morgan fingerprint density at radius 1 is 1.42 bits per heavy atom. The second kappa shape index (κ2) is 5.38. The molecule has 2 heterocycles. The maximum absolute atomic E-state index is 12.8. The first-order valence-electron chi connectivity index (χ1n) is 5.21. The maximum atomic E-state index is 12.8. The second-order valence-electron chi connectivity index (χ2n) is 3.68. The molecule has 0 bridgehead atoms. The molecule has 0 aliphatic heterocycles. The van der Waals surface area contributed by atoms with Gasteiger partial charge in [-0.1, -0.05) is 0 Å². The first-order chi connectivity index (χ1) is 8.95. The predicted molar refractivity (Wildman–Crippen MR) is 76.6 cm³/mol. The third-order valence-corrected chi connectivity index (χ3v) is 3.71. The zero-order valence-electron chi connectivity index (χ0n) is 9.86. The Morgan fingerprint density at radius 2 is 2.11 bits per heavy atom. The monoisotopic (exact) mass is 349 g/mol. The van der Waals surface area contributed by atoms with Gasteiger partial charge in [0, 0.05) is 14.3 Å². The van der Waals surface area contributed by atoms with E-state index < -0.39 is 12.1 Å². The summed E-state index contributed by atoms with van der Waals surface area (Å²) in [6, 6.07) is 1.63. The molecular weight excluding hydrogens is 339 g/mol. The second-order valence-corrected chi connectivity index (χ2v) is 5.36. The van der Waals surface area contributed by atoms with Gasteiger partial charge in [0.05, 0.1) is 23.3 Å². The van der Waals surface area contributed by atoms with Gasteiger partial charge < -0.3 is 11.5 Å². The van der Waals surface area contributed by atoms with Crippen molar-refractivity contribution >= 4 is 36.0 Å². The molecule has 2 aromatic heterocycles. The highest BCUT2D eigenvalue weighted by Crippen LogP contribution is 2.39. The highest BCUT2D eigenvalue weighted by atomic mass is 79.9. The maximum Gasteiger partial charge on any atom is 0.284 e. The Balaban J connectivity index is 2.70. The van der Waals surface area contributed by atoms with Crippen LogP contribution in [0.15, 0.2) is 16.9 Å². The van der Waals surface area contributed by atoms with Crippen LogP contribution in [0.5, 0.6) is 0 Å². The number of pyridine rings is 1. The minimum Gasteiger partial charge on any atom is -0.397 e. The highest BCUT2D eigenvalue weighted by Gasteiger charge is 2.24. The molecule has 0 fully saturated rings. The van der Waals surface area contributed by atoms with Crippen LogP contribution in [-0.4, -0.2) is 21.2 Å². The molecule has 1 unspecified atom stereocenters. The van der Waals surface area contributed by atoms with Gasteiger partial charge in [-0.05, 0) is 28.7 Å². The summed E-state index contributed by atoms with van der Waals surface area (Å²) in [6.07, 6.45) is -1.28. The van der Waals surface area contributed by atoms with Crippen molar-refractivity contribution in [3.63, 3.8) is 0 Å². The van der Waals surface area contributed by atoms with Crippen molar-refractivity contribution < 1.29 is 8.78 Å². The van der Waals surface area contributed by atoms with E-state index in [1.54, 1.807) is 6.07 Å². The minimum atomic E-state index is -2.72. The molecule has 9 heteroatoms. The Bertz CT molecular complexity index is 616. The lowest BCUT2D eigenvalue weighted by molar-refractivity contribution is 0.146. The smallest absolute Gasteiger partial charge is 0.284 e. The van der Waals surface area contributed by atoms with E-state index in [2.05, 4.69) is 26.0 Å². The van der Waals surface area contributed by atoms with Gasteiger partial charge in [-0.15, -0.1) is 0 Å². The lowest BCUT2D eigenvalue weighted by Gasteiger charge is -2.08.